The van der Waals surface area contributed by atoms with Gasteiger partial charge in [-0.3, -0.25) is 51.6 Å². The van der Waals surface area contributed by atoms with Crippen molar-refractivity contribution < 1.29 is 64.7 Å². The van der Waals surface area contributed by atoms with Gasteiger partial charge in [0.15, 0.2) is 0 Å². The van der Waals surface area contributed by atoms with E-state index in [1.807, 2.05) is 34.6 Å². The Morgan fingerprint density at radius 1 is 0.525 bits per heavy atom. The van der Waals surface area contributed by atoms with Crippen LogP contribution in [0.4, 0.5) is 30.2 Å². The summed E-state index contributed by atoms with van der Waals surface area (Å²) >= 11 is 0. The number of nitrogens with one attached hydrogen (secondary N) is 7. The molecule has 3 atom stereocenters. The van der Waals surface area contributed by atoms with E-state index in [0.717, 1.165) is 5.70 Å². The minimum absolute atomic E-state index is 0.130. The normalized spacial score (nSPS) is 20.5. The fourth-order valence-electron chi connectivity index (χ4n) is 12.7. The Labute approximate surface area is 577 Å². The molecule has 0 radical (unpaired) electrons. The van der Waals surface area contributed by atoms with E-state index in [4.69, 9.17) is 0 Å². The number of nitrogens with zero attached hydrogens (tertiary/aromatic N) is 3. The van der Waals surface area contributed by atoms with E-state index in [1.165, 1.54) is 63.7 Å². The average molecular weight is 1410 g/mol. The first-order valence-electron chi connectivity index (χ1n) is 32.1. The summed E-state index contributed by atoms with van der Waals surface area (Å²) in [5, 5.41) is 19.7. The lowest BCUT2D eigenvalue weighted by atomic mass is 9.85. The van der Waals surface area contributed by atoms with Crippen LogP contribution in [0.2, 0.25) is 0 Å². The van der Waals surface area contributed by atoms with Crippen molar-refractivity contribution in [2.45, 2.75) is 145 Å². The second-order valence-electron chi connectivity index (χ2n) is 27.7. The third-order valence-corrected chi connectivity index (χ3v) is 24.8. The Kier molecular flexibility index (Phi) is 22.8. The predicted molar refractivity (Wildman–Crippen MR) is 384 cm³/mol. The fraction of sp³-hybridized carbons (Fsp3) is 0.411. The van der Waals surface area contributed by atoms with Crippen LogP contribution in [0.15, 0.2) is 66.9 Å². The first kappa shape index (κ1) is 77.1. The second kappa shape index (κ2) is 29.3. The van der Waals surface area contributed by atoms with E-state index in [2.05, 4.69) is 55.5 Å². The van der Waals surface area contributed by atoms with Gasteiger partial charge in [-0.1, -0.05) is 20.4 Å². The Morgan fingerprint density at radius 2 is 0.869 bits per heavy atom. The molecule has 3 aliphatic heterocycles. The molecular formula is C73H91F3N10O11S2. The molecule has 99 heavy (non-hydrogen) atoms. The first-order valence-corrected chi connectivity index (χ1v) is 36.1. The molecule has 6 amide bonds. The molecule has 3 aromatic carbocycles. The zero-order valence-corrected chi connectivity index (χ0v) is 61.0. The van der Waals surface area contributed by atoms with Crippen molar-refractivity contribution in [1.29, 1.82) is 0 Å². The van der Waals surface area contributed by atoms with Crippen LogP contribution in [0.5, 0.6) is 0 Å². The van der Waals surface area contributed by atoms with Gasteiger partial charge in [-0.05, 0) is 228 Å². The number of benzene rings is 3. The molecule has 532 valence electrons. The van der Waals surface area contributed by atoms with Gasteiger partial charge in [0.2, 0.25) is 0 Å². The molecule has 21 nitrogen and oxygen atoms in total. The van der Waals surface area contributed by atoms with Crippen molar-refractivity contribution in [3.05, 3.63) is 169 Å². The molecule has 0 saturated carbocycles. The van der Waals surface area contributed by atoms with Crippen molar-refractivity contribution >= 4 is 101 Å². The number of anilines is 3. The quantitative estimate of drug-likeness (QED) is 0.0288. The zero-order chi connectivity index (χ0) is 74.3. The summed E-state index contributed by atoms with van der Waals surface area (Å²) < 4.78 is 69.5. The standard InChI is InChI=1S/C25H32FN3O4S.C24H29FN4O3.C24H30FN3O4S/c1-14-12-17(8-9-19(14)26)27-23(31)20-15(2)21(29(6)16(20)3)22(30)24(32)28-18-10-11-34(7,33)25(4,5)13-18;1-12-10-16(8-9-17(12)25)27-22(31)19-13(2)20(29(7)14(19)3)21(30)23(32)28-18-11-26-15(4)24(18,5)6;1-14-13-17(7-8-18(14)25)26-22(30)19-15(2)20(28(5)16(19)3)21(29)23(31)27-24(4)9-11-33(6,32)12-10-24/h8-9,12,18H,7,10-11,13H2,1-6H3,(H,27,31)(H,28,32);8-10,18,26H,4,11H2,1-3,5-7H3,(H,27,31)(H,28,32);7-8,13H,6,9-12H2,1-5H3,(H,26,30)(H,27,31)/t;18-;/m.0./s1. The maximum absolute atomic E-state index is 13.5. The van der Waals surface area contributed by atoms with E-state index in [-0.39, 0.29) is 57.7 Å². The van der Waals surface area contributed by atoms with Crippen molar-refractivity contribution in [3.8, 4) is 0 Å². The Balaban J connectivity index is 0.000000209. The minimum atomic E-state index is -2.26. The molecule has 0 spiro atoms. The molecule has 7 N–H and O–H groups in total. The Bertz CT molecular complexity index is 4600. The molecule has 2 unspecified atom stereocenters. The van der Waals surface area contributed by atoms with E-state index in [9.17, 15) is 64.7 Å². The van der Waals surface area contributed by atoms with Crippen molar-refractivity contribution in [1.82, 2.24) is 35.0 Å². The van der Waals surface area contributed by atoms with Crippen LogP contribution in [-0.4, -0.2) is 133 Å². The number of Topliss-reactive ketones (excluding diaryl/α,β-unsaturated/α-hetero) is 3. The summed E-state index contributed by atoms with van der Waals surface area (Å²) in [7, 11) is 0.511. The van der Waals surface area contributed by atoms with Crippen LogP contribution in [-0.2, 0) is 54.6 Å². The summed E-state index contributed by atoms with van der Waals surface area (Å²) in [4.78, 5) is 117. The van der Waals surface area contributed by atoms with E-state index in [0.29, 0.717) is 123 Å². The van der Waals surface area contributed by atoms with Gasteiger partial charge in [0.1, 0.15) is 17.5 Å². The summed E-state index contributed by atoms with van der Waals surface area (Å²) in [6, 6.07) is 12.2. The van der Waals surface area contributed by atoms with Gasteiger partial charge in [0.25, 0.3) is 52.8 Å². The maximum Gasteiger partial charge on any atom is 0.294 e. The highest BCUT2D eigenvalue weighted by Gasteiger charge is 2.42. The fourth-order valence-corrected chi connectivity index (χ4v) is 16.3. The van der Waals surface area contributed by atoms with E-state index < -0.39 is 87.5 Å². The summed E-state index contributed by atoms with van der Waals surface area (Å²) in [5.74, 6) is 1.89. The van der Waals surface area contributed by atoms with Crippen LogP contribution in [0.1, 0.15) is 173 Å². The lowest BCUT2D eigenvalue weighted by molar-refractivity contribution is -0.119. The van der Waals surface area contributed by atoms with Gasteiger partial charge < -0.3 is 50.9 Å². The smallest absolute Gasteiger partial charge is 0.294 e. The van der Waals surface area contributed by atoms with Crippen LogP contribution < -0.4 is 37.2 Å². The molecule has 6 aromatic rings. The topological polar surface area (TPSA) is 287 Å². The van der Waals surface area contributed by atoms with Gasteiger partial charge in [-0.15, -0.1) is 0 Å². The lowest BCUT2D eigenvalue weighted by Crippen LogP contribution is -2.53. The van der Waals surface area contributed by atoms with Gasteiger partial charge >= 0.3 is 0 Å². The highest BCUT2D eigenvalue weighted by molar-refractivity contribution is 8.01. The summed E-state index contributed by atoms with van der Waals surface area (Å²) in [5.41, 5.74) is 6.36. The van der Waals surface area contributed by atoms with Gasteiger partial charge in [0.05, 0.1) is 39.8 Å². The first-order chi connectivity index (χ1) is 45.8. The largest absolute Gasteiger partial charge is 0.386 e. The SMILES string of the molecule is C=C1NC[C@H](NC(=O)C(=O)c2c(C)c(C(=O)Nc3ccc(F)c(C)c3)c(C)n2C)C1(C)C.C=S1(=O)CCC(C)(NC(=O)C(=O)c2c(C)c(C(=O)Nc3ccc(F)c(C)c3)c(C)n2C)CC1.C=S1(=O)CCC(NC(=O)C(=O)c2c(C)c(C(=O)Nc3ccc(F)c(C)c3)c(C)n2C)CC1(C)C. The van der Waals surface area contributed by atoms with Crippen LogP contribution in [0, 0.1) is 85.2 Å². The second-order valence-corrected chi connectivity index (χ2v) is 33.5. The number of halogens is 3. The number of ketones is 3. The van der Waals surface area contributed by atoms with Crippen molar-refractivity contribution in [2.75, 3.05) is 39.8 Å². The third-order valence-electron chi connectivity index (χ3n) is 19.8. The number of rotatable bonds is 15. The monoisotopic (exact) mass is 1400 g/mol. The molecular weight excluding hydrogens is 1310 g/mol. The molecule has 3 aromatic heterocycles. The molecule has 3 fully saturated rings. The number of aromatic nitrogens is 3. The van der Waals surface area contributed by atoms with E-state index in [1.54, 1.807) is 88.0 Å². The van der Waals surface area contributed by atoms with Gasteiger partial charge in [-0.2, -0.15) is 0 Å². The molecule has 3 aliphatic rings. The number of hydrogen-bond donors (Lipinski definition) is 7. The van der Waals surface area contributed by atoms with Gasteiger partial charge in [0, 0.05) is 107 Å². The lowest BCUT2D eigenvalue weighted by Gasteiger charge is -2.38. The number of carbonyl (C=O) groups is 9. The molecule has 6 heterocycles. The molecule has 3 saturated heterocycles. The number of carbonyl (C=O) groups excluding carboxylic acids is 9. The van der Waals surface area contributed by atoms with Crippen LogP contribution in [0.3, 0.4) is 0 Å². The van der Waals surface area contributed by atoms with Gasteiger partial charge in [-0.25, -0.2) is 13.2 Å². The van der Waals surface area contributed by atoms with Crippen LogP contribution >= 0.6 is 0 Å². The third kappa shape index (κ3) is 16.4. The number of amides is 6. The molecule has 9 rings (SSSR count). The number of hydrogen-bond acceptors (Lipinski definition) is 12. The molecule has 26 heteroatoms. The highest BCUT2D eigenvalue weighted by Crippen LogP contribution is 2.34. The zero-order valence-electron chi connectivity index (χ0n) is 59.4. The summed E-state index contributed by atoms with van der Waals surface area (Å²) in [6.07, 6.45) is 1.90. The average Bonchev–Trinajstić information content (AvgIpc) is 1.66. The van der Waals surface area contributed by atoms with E-state index >= 15 is 0 Å². The Morgan fingerprint density at radius 3 is 1.19 bits per heavy atom. The van der Waals surface area contributed by atoms with Crippen LogP contribution in [0.25, 0.3) is 0 Å². The van der Waals surface area contributed by atoms with Crippen molar-refractivity contribution in [2.24, 2.45) is 26.6 Å². The molecule has 0 bridgehead atoms. The van der Waals surface area contributed by atoms with Crippen molar-refractivity contribution in [3.63, 3.8) is 0 Å². The highest BCUT2D eigenvalue weighted by atomic mass is 32.2. The predicted octanol–water partition coefficient (Wildman–Crippen LogP) is 9.36. The number of aryl methyl sites for hydroxylation is 3. The maximum atomic E-state index is 13.5. The summed E-state index contributed by atoms with van der Waals surface area (Å²) in [6.45, 7) is 28.7. The minimum Gasteiger partial charge on any atom is -0.386 e. The Hall–Kier alpha value is -9.30. The molecule has 0 aliphatic carbocycles.